The van der Waals surface area contributed by atoms with Crippen molar-refractivity contribution >= 4 is 16.7 Å². The summed E-state index contributed by atoms with van der Waals surface area (Å²) in [6.45, 7) is 3.61. The fourth-order valence-electron chi connectivity index (χ4n) is 1.76. The summed E-state index contributed by atoms with van der Waals surface area (Å²) in [5.41, 5.74) is 7.95. The Labute approximate surface area is 96.3 Å². The normalized spacial score (nSPS) is 11.2. The minimum atomic E-state index is 0.386. The van der Waals surface area contributed by atoms with Gasteiger partial charge in [-0.2, -0.15) is 9.67 Å². The summed E-state index contributed by atoms with van der Waals surface area (Å²) in [7, 11) is 0. The molecule has 0 fully saturated rings. The number of fused-ring (bicyclic) bond motifs is 1. The smallest absolute Gasteiger partial charge is 0.291 e. The van der Waals surface area contributed by atoms with E-state index in [9.17, 15) is 0 Å². The van der Waals surface area contributed by atoms with Crippen LogP contribution < -0.4 is 5.73 Å². The van der Waals surface area contributed by atoms with Gasteiger partial charge in [-0.1, -0.05) is 0 Å². The number of anilines is 1. The lowest BCUT2D eigenvalue weighted by molar-refractivity contribution is 0.389. The molecular weight excluding hydrogens is 220 g/mol. The number of aromatic nitrogens is 5. The fraction of sp³-hybridized carbons (Fsp3) is 0.200. The largest absolute Gasteiger partial charge is 0.398 e. The van der Waals surface area contributed by atoms with Gasteiger partial charge in [0.15, 0.2) is 5.65 Å². The van der Waals surface area contributed by atoms with Gasteiger partial charge in [0, 0.05) is 18.8 Å². The van der Waals surface area contributed by atoms with E-state index in [-0.39, 0.29) is 0 Å². The predicted molar refractivity (Wildman–Crippen MR) is 60.6 cm³/mol. The molecule has 7 nitrogen and oxygen atoms in total. The molecule has 0 aliphatic carbocycles. The highest BCUT2D eigenvalue weighted by atomic mass is 16.5. The van der Waals surface area contributed by atoms with E-state index >= 15 is 0 Å². The first-order valence-electron chi connectivity index (χ1n) is 5.07. The highest BCUT2D eigenvalue weighted by Gasteiger charge is 2.15. The van der Waals surface area contributed by atoms with Crippen LogP contribution in [0.25, 0.3) is 17.0 Å². The number of rotatable bonds is 1. The lowest BCUT2D eigenvalue weighted by atomic mass is 10.2. The molecule has 17 heavy (non-hydrogen) atoms. The van der Waals surface area contributed by atoms with Crippen molar-refractivity contribution < 1.29 is 4.52 Å². The number of nitrogens with zero attached hydrogens (tertiary/aromatic N) is 5. The van der Waals surface area contributed by atoms with E-state index < -0.39 is 0 Å². The molecule has 0 spiro atoms. The van der Waals surface area contributed by atoms with Gasteiger partial charge >= 0.3 is 0 Å². The maximum atomic E-state index is 5.90. The van der Waals surface area contributed by atoms with Crippen LogP contribution in [0.5, 0.6) is 0 Å². The molecule has 3 aromatic rings. The van der Waals surface area contributed by atoms with Crippen molar-refractivity contribution in [3.8, 4) is 5.95 Å². The van der Waals surface area contributed by atoms with Crippen molar-refractivity contribution in [2.24, 2.45) is 0 Å². The van der Waals surface area contributed by atoms with Gasteiger partial charge in [0.2, 0.25) is 5.89 Å². The Kier molecular flexibility index (Phi) is 1.88. The number of nitrogens with two attached hydrogens (primary N) is 1. The summed E-state index contributed by atoms with van der Waals surface area (Å²) >= 11 is 0. The van der Waals surface area contributed by atoms with Gasteiger partial charge < -0.3 is 10.3 Å². The van der Waals surface area contributed by atoms with Crippen molar-refractivity contribution in [1.29, 1.82) is 0 Å². The molecule has 0 aliphatic rings. The third-order valence-corrected chi connectivity index (χ3v) is 2.54. The summed E-state index contributed by atoms with van der Waals surface area (Å²) in [4.78, 5) is 8.28. The standard InChI is InChI=1S/C10H10N6O/c1-5-8-7(11)3-4-12-9(8)14-16(5)10-13-6(2)17-15-10/h3-4H,11H2,1-2H3. The number of hydrogen-bond acceptors (Lipinski definition) is 6. The minimum Gasteiger partial charge on any atom is -0.398 e. The lowest BCUT2D eigenvalue weighted by Gasteiger charge is -1.96. The van der Waals surface area contributed by atoms with Crippen LogP contribution in [0.15, 0.2) is 16.8 Å². The molecule has 3 aromatic heterocycles. The van der Waals surface area contributed by atoms with Crippen molar-refractivity contribution in [1.82, 2.24) is 24.9 Å². The van der Waals surface area contributed by atoms with Crippen molar-refractivity contribution in [2.45, 2.75) is 13.8 Å². The van der Waals surface area contributed by atoms with Crippen LogP contribution in [-0.2, 0) is 0 Å². The predicted octanol–water partition coefficient (Wildman–Crippen LogP) is 1.00. The maximum Gasteiger partial charge on any atom is 0.291 e. The van der Waals surface area contributed by atoms with Crippen molar-refractivity contribution in [3.05, 3.63) is 23.8 Å². The summed E-state index contributed by atoms with van der Waals surface area (Å²) in [6.07, 6.45) is 1.62. The summed E-state index contributed by atoms with van der Waals surface area (Å²) in [6, 6.07) is 1.74. The van der Waals surface area contributed by atoms with Gasteiger partial charge in [0.25, 0.3) is 5.95 Å². The van der Waals surface area contributed by atoms with E-state index in [1.807, 2.05) is 6.92 Å². The Bertz CT molecular complexity index is 698. The zero-order valence-electron chi connectivity index (χ0n) is 9.38. The molecule has 0 aromatic carbocycles. The SMILES string of the molecule is Cc1nc(-n2nc3nccc(N)c3c2C)no1. The molecule has 0 bridgehead atoms. The zero-order chi connectivity index (χ0) is 12.0. The van der Waals surface area contributed by atoms with Crippen LogP contribution in [-0.4, -0.2) is 24.9 Å². The summed E-state index contributed by atoms with van der Waals surface area (Å²) in [5, 5.41) is 8.93. The second kappa shape index (κ2) is 3.27. The molecule has 0 aliphatic heterocycles. The minimum absolute atomic E-state index is 0.386. The molecular formula is C10H10N6O. The van der Waals surface area contributed by atoms with E-state index in [1.165, 1.54) is 0 Å². The molecule has 0 unspecified atom stereocenters. The van der Waals surface area contributed by atoms with Crippen molar-refractivity contribution in [3.63, 3.8) is 0 Å². The molecule has 7 heteroatoms. The van der Waals surface area contributed by atoms with Crippen LogP contribution in [0.4, 0.5) is 5.69 Å². The molecule has 2 N–H and O–H groups in total. The van der Waals surface area contributed by atoms with E-state index in [0.717, 1.165) is 11.1 Å². The molecule has 0 saturated heterocycles. The molecule has 0 radical (unpaired) electrons. The highest BCUT2D eigenvalue weighted by Crippen LogP contribution is 2.23. The second-order valence-corrected chi connectivity index (χ2v) is 3.71. The van der Waals surface area contributed by atoms with Crippen LogP contribution in [0.1, 0.15) is 11.6 Å². The average molecular weight is 230 g/mol. The van der Waals surface area contributed by atoms with Crippen LogP contribution in [0, 0.1) is 13.8 Å². The first kappa shape index (κ1) is 9.76. The number of aryl methyl sites for hydroxylation is 2. The van der Waals surface area contributed by atoms with Gasteiger partial charge in [-0.15, -0.1) is 5.10 Å². The van der Waals surface area contributed by atoms with Crippen LogP contribution in [0.2, 0.25) is 0 Å². The van der Waals surface area contributed by atoms with Crippen LogP contribution >= 0.6 is 0 Å². The van der Waals surface area contributed by atoms with Crippen molar-refractivity contribution in [2.75, 3.05) is 5.73 Å². The Balaban J connectivity index is 2.32. The average Bonchev–Trinajstić information content (AvgIpc) is 2.84. The van der Waals surface area contributed by atoms with E-state index in [4.69, 9.17) is 10.3 Å². The lowest BCUT2D eigenvalue weighted by Crippen LogP contribution is -2.01. The number of nitrogen functional groups attached to an aromatic ring is 1. The quantitative estimate of drug-likeness (QED) is 0.670. The maximum absolute atomic E-state index is 5.90. The molecule has 3 heterocycles. The first-order chi connectivity index (χ1) is 8.16. The molecule has 0 atom stereocenters. The number of hydrogen-bond donors (Lipinski definition) is 1. The Morgan fingerprint density at radius 2 is 2.18 bits per heavy atom. The van der Waals surface area contributed by atoms with Gasteiger partial charge in [-0.25, -0.2) is 4.98 Å². The molecule has 3 rings (SSSR count). The third-order valence-electron chi connectivity index (χ3n) is 2.54. The Morgan fingerprint density at radius 1 is 1.35 bits per heavy atom. The fourth-order valence-corrected chi connectivity index (χ4v) is 1.76. The van der Waals surface area contributed by atoms with Gasteiger partial charge in [-0.3, -0.25) is 0 Å². The van der Waals surface area contributed by atoms with E-state index in [2.05, 4.69) is 20.2 Å². The second-order valence-electron chi connectivity index (χ2n) is 3.71. The highest BCUT2D eigenvalue weighted by molar-refractivity contribution is 5.90. The molecule has 0 amide bonds. The number of pyridine rings is 1. The van der Waals surface area contributed by atoms with E-state index in [0.29, 0.717) is 23.2 Å². The van der Waals surface area contributed by atoms with Crippen LogP contribution in [0.3, 0.4) is 0 Å². The topological polar surface area (TPSA) is 95.7 Å². The molecule has 86 valence electrons. The van der Waals surface area contributed by atoms with Gasteiger partial charge in [0.05, 0.1) is 11.1 Å². The third kappa shape index (κ3) is 1.36. The van der Waals surface area contributed by atoms with Gasteiger partial charge in [-0.05, 0) is 18.1 Å². The Morgan fingerprint density at radius 3 is 2.82 bits per heavy atom. The monoisotopic (exact) mass is 230 g/mol. The zero-order valence-corrected chi connectivity index (χ0v) is 9.38. The Hall–Kier alpha value is -2.44. The van der Waals surface area contributed by atoms with Gasteiger partial charge in [0.1, 0.15) is 0 Å². The summed E-state index contributed by atoms with van der Waals surface area (Å²) in [5.74, 6) is 0.872. The van der Waals surface area contributed by atoms with E-state index in [1.54, 1.807) is 23.9 Å². The summed E-state index contributed by atoms with van der Waals surface area (Å²) < 4.78 is 6.50. The molecule has 0 saturated carbocycles. The first-order valence-corrected chi connectivity index (χ1v) is 5.07.